The molecule has 216 valence electrons. The lowest BCUT2D eigenvalue weighted by Crippen LogP contribution is -2.48. The quantitative estimate of drug-likeness (QED) is 0.421. The fraction of sp³-hybridized carbons (Fsp3) is 0.379. The van der Waals surface area contributed by atoms with Gasteiger partial charge in [0.25, 0.3) is 10.0 Å². The minimum absolute atomic E-state index is 0.139. The summed E-state index contributed by atoms with van der Waals surface area (Å²) in [5.74, 6) is 1.67. The number of carbonyl (C=O) groups is 2. The number of amides is 1. The van der Waals surface area contributed by atoms with E-state index in [0.717, 1.165) is 18.5 Å². The number of hydrogen-bond acceptors (Lipinski definition) is 9. The van der Waals surface area contributed by atoms with Crippen molar-refractivity contribution in [3.63, 3.8) is 0 Å². The fourth-order valence-corrected chi connectivity index (χ4v) is 6.02. The van der Waals surface area contributed by atoms with E-state index in [1.807, 2.05) is 0 Å². The number of nitrogens with zero attached hydrogens (tertiary/aromatic N) is 4. The van der Waals surface area contributed by atoms with Crippen LogP contribution in [-0.2, 0) is 19.6 Å². The topological polar surface area (TPSA) is 131 Å². The van der Waals surface area contributed by atoms with Crippen LogP contribution >= 0.6 is 0 Å². The van der Waals surface area contributed by atoms with Gasteiger partial charge >= 0.3 is 6.09 Å². The number of anilines is 2. The smallest absolute Gasteiger partial charge is 0.409 e. The van der Waals surface area contributed by atoms with Crippen molar-refractivity contribution in [2.75, 3.05) is 49.5 Å². The Hall–Kier alpha value is -4.19. The lowest BCUT2D eigenvalue weighted by molar-refractivity contribution is -0.121. The SMILES string of the molecule is COC(=O)N1CCN(c2ccc(S(=O)(=O)Nc3cccc(-c4ncc(OCC5CCC(=O)CC5)cn4)c3)cc2)CC1. The Morgan fingerprint density at radius 1 is 1.00 bits per heavy atom. The lowest BCUT2D eigenvalue weighted by atomic mass is 9.89. The number of rotatable bonds is 8. The molecular weight excluding hydrogens is 546 g/mol. The van der Waals surface area contributed by atoms with Crippen LogP contribution in [0.1, 0.15) is 25.7 Å². The van der Waals surface area contributed by atoms with Crippen molar-refractivity contribution in [3.8, 4) is 17.1 Å². The zero-order valence-corrected chi connectivity index (χ0v) is 23.7. The highest BCUT2D eigenvalue weighted by Gasteiger charge is 2.23. The van der Waals surface area contributed by atoms with Gasteiger partial charge < -0.3 is 19.3 Å². The summed E-state index contributed by atoms with van der Waals surface area (Å²) in [6.07, 6.45) is 5.79. The number of hydrogen-bond donors (Lipinski definition) is 1. The first kappa shape index (κ1) is 28.3. The van der Waals surface area contributed by atoms with Gasteiger partial charge in [-0.3, -0.25) is 9.52 Å². The zero-order valence-electron chi connectivity index (χ0n) is 22.9. The van der Waals surface area contributed by atoms with Gasteiger partial charge in [0.1, 0.15) is 5.78 Å². The highest BCUT2D eigenvalue weighted by molar-refractivity contribution is 7.92. The average molecular weight is 580 g/mol. The van der Waals surface area contributed by atoms with Gasteiger partial charge in [-0.1, -0.05) is 12.1 Å². The summed E-state index contributed by atoms with van der Waals surface area (Å²) in [4.78, 5) is 35.8. The van der Waals surface area contributed by atoms with Crippen LogP contribution in [0.4, 0.5) is 16.2 Å². The number of methoxy groups -OCH3 is 1. The number of aromatic nitrogens is 2. The summed E-state index contributed by atoms with van der Waals surface area (Å²) >= 11 is 0. The van der Waals surface area contributed by atoms with Crippen LogP contribution in [0.15, 0.2) is 65.8 Å². The number of ketones is 1. The van der Waals surface area contributed by atoms with E-state index in [-0.39, 0.29) is 11.0 Å². The number of piperazine rings is 1. The van der Waals surface area contributed by atoms with E-state index < -0.39 is 10.0 Å². The van der Waals surface area contributed by atoms with E-state index in [4.69, 9.17) is 9.47 Å². The zero-order chi connectivity index (χ0) is 28.8. The number of benzene rings is 2. The molecule has 1 N–H and O–H groups in total. The molecule has 1 aliphatic carbocycles. The Morgan fingerprint density at radius 3 is 2.34 bits per heavy atom. The molecule has 5 rings (SSSR count). The molecule has 2 heterocycles. The maximum absolute atomic E-state index is 13.1. The molecule has 41 heavy (non-hydrogen) atoms. The molecule has 2 aromatic carbocycles. The molecule has 0 bridgehead atoms. The molecule has 3 aromatic rings. The molecule has 0 atom stereocenters. The summed E-state index contributed by atoms with van der Waals surface area (Å²) in [7, 11) is -2.47. The Kier molecular flexibility index (Phi) is 8.67. The van der Waals surface area contributed by atoms with Gasteiger partial charge in [0.2, 0.25) is 0 Å². The maximum Gasteiger partial charge on any atom is 0.409 e. The van der Waals surface area contributed by atoms with Gasteiger partial charge in [-0.2, -0.15) is 0 Å². The van der Waals surface area contributed by atoms with Crippen molar-refractivity contribution in [2.24, 2.45) is 5.92 Å². The molecule has 1 aliphatic heterocycles. The van der Waals surface area contributed by atoms with E-state index in [0.29, 0.717) is 80.2 Å². The second kappa shape index (κ2) is 12.5. The molecule has 0 unspecified atom stereocenters. The van der Waals surface area contributed by atoms with Crippen LogP contribution in [0.2, 0.25) is 0 Å². The molecule has 11 nitrogen and oxygen atoms in total. The third-order valence-corrected chi connectivity index (χ3v) is 8.77. The van der Waals surface area contributed by atoms with Gasteiger partial charge in [-0.05, 0) is 55.2 Å². The Balaban J connectivity index is 1.18. The Morgan fingerprint density at radius 2 is 1.68 bits per heavy atom. The number of sulfonamides is 1. The monoisotopic (exact) mass is 579 g/mol. The Bertz CT molecular complexity index is 1460. The van der Waals surface area contributed by atoms with Crippen LogP contribution in [-0.4, -0.2) is 75.1 Å². The first-order chi connectivity index (χ1) is 19.8. The highest BCUT2D eigenvalue weighted by Crippen LogP contribution is 2.26. The van der Waals surface area contributed by atoms with Crippen molar-refractivity contribution in [3.05, 3.63) is 60.9 Å². The maximum atomic E-state index is 13.1. The number of Topliss-reactive ketones (excluding diaryl/α,β-unsaturated/α-hetero) is 1. The number of ether oxygens (including phenoxy) is 2. The summed E-state index contributed by atoms with van der Waals surface area (Å²) < 4.78 is 39.4. The van der Waals surface area contributed by atoms with Gasteiger partial charge in [0.05, 0.1) is 31.0 Å². The number of nitrogens with one attached hydrogen (secondary N) is 1. The predicted octanol–water partition coefficient (Wildman–Crippen LogP) is 3.97. The second-order valence-corrected chi connectivity index (χ2v) is 11.8. The molecule has 1 amide bonds. The Labute approximate surface area is 239 Å². The molecule has 12 heteroatoms. The fourth-order valence-electron chi connectivity index (χ4n) is 4.97. The summed E-state index contributed by atoms with van der Waals surface area (Å²) in [6, 6.07) is 13.6. The minimum atomic E-state index is -3.83. The van der Waals surface area contributed by atoms with Gasteiger partial charge in [0, 0.05) is 56.0 Å². The third-order valence-electron chi connectivity index (χ3n) is 7.37. The predicted molar refractivity (Wildman–Crippen MR) is 153 cm³/mol. The number of carbonyl (C=O) groups excluding carboxylic acids is 2. The third kappa shape index (κ3) is 7.12. The molecular formula is C29H33N5O6S. The second-order valence-electron chi connectivity index (χ2n) is 10.2. The first-order valence-corrected chi connectivity index (χ1v) is 15.1. The van der Waals surface area contributed by atoms with Crippen molar-refractivity contribution in [2.45, 2.75) is 30.6 Å². The van der Waals surface area contributed by atoms with E-state index in [1.165, 1.54) is 7.11 Å². The van der Waals surface area contributed by atoms with E-state index in [1.54, 1.807) is 65.8 Å². The van der Waals surface area contributed by atoms with Gasteiger partial charge in [-0.15, -0.1) is 0 Å². The van der Waals surface area contributed by atoms with Crippen molar-refractivity contribution in [1.29, 1.82) is 0 Å². The highest BCUT2D eigenvalue weighted by atomic mass is 32.2. The van der Waals surface area contributed by atoms with Crippen LogP contribution in [0.3, 0.4) is 0 Å². The average Bonchev–Trinajstić information content (AvgIpc) is 3.01. The molecule has 2 fully saturated rings. The van der Waals surface area contributed by atoms with Gasteiger partial charge in [0.15, 0.2) is 11.6 Å². The van der Waals surface area contributed by atoms with Crippen LogP contribution < -0.4 is 14.4 Å². The lowest BCUT2D eigenvalue weighted by Gasteiger charge is -2.35. The van der Waals surface area contributed by atoms with E-state index in [9.17, 15) is 18.0 Å². The summed E-state index contributed by atoms with van der Waals surface area (Å²) in [6.45, 7) is 2.86. The molecule has 1 aromatic heterocycles. The molecule has 1 saturated carbocycles. The minimum Gasteiger partial charge on any atom is -0.490 e. The van der Waals surface area contributed by atoms with Crippen molar-refractivity contribution in [1.82, 2.24) is 14.9 Å². The summed E-state index contributed by atoms with van der Waals surface area (Å²) in [5.41, 5.74) is 1.93. The molecule has 1 saturated heterocycles. The molecule has 0 spiro atoms. The molecule has 2 aliphatic rings. The first-order valence-electron chi connectivity index (χ1n) is 13.6. The van der Waals surface area contributed by atoms with Crippen LogP contribution in [0.25, 0.3) is 11.4 Å². The van der Waals surface area contributed by atoms with Crippen LogP contribution in [0, 0.1) is 5.92 Å². The van der Waals surface area contributed by atoms with Crippen LogP contribution in [0.5, 0.6) is 5.75 Å². The van der Waals surface area contributed by atoms with Crippen molar-refractivity contribution >= 4 is 33.3 Å². The largest absolute Gasteiger partial charge is 0.490 e. The van der Waals surface area contributed by atoms with E-state index >= 15 is 0 Å². The normalized spacial score (nSPS) is 16.4. The van der Waals surface area contributed by atoms with Gasteiger partial charge in [-0.25, -0.2) is 23.2 Å². The molecule has 0 radical (unpaired) electrons. The standard InChI is InChI=1S/C29H33N5O6S/c1-39-29(36)34-15-13-33(14-16-34)24-7-11-27(12-8-24)41(37,38)32-23-4-2-3-22(17-23)28-30-18-26(19-31-28)40-20-21-5-9-25(35)10-6-21/h2-4,7-8,11-12,17-19,21,32H,5-6,9-10,13-16,20H2,1H3. The summed E-state index contributed by atoms with van der Waals surface area (Å²) in [5, 5.41) is 0. The van der Waals surface area contributed by atoms with Crippen molar-refractivity contribution < 1.29 is 27.5 Å². The van der Waals surface area contributed by atoms with E-state index in [2.05, 4.69) is 19.6 Å².